The summed E-state index contributed by atoms with van der Waals surface area (Å²) in [7, 11) is 0. The molecule has 5 nitrogen and oxygen atoms in total. The number of aromatic nitrogens is 4. The third kappa shape index (κ3) is 1.71. The Kier molecular flexibility index (Phi) is 2.47. The zero-order chi connectivity index (χ0) is 12.8. The van der Waals surface area contributed by atoms with E-state index in [0.29, 0.717) is 0 Å². The molecule has 0 saturated carbocycles. The van der Waals surface area contributed by atoms with Crippen molar-refractivity contribution in [3.8, 4) is 0 Å². The average Bonchev–Trinajstić information content (AvgIpc) is 3.03. The van der Waals surface area contributed by atoms with E-state index in [0.717, 1.165) is 37.6 Å². The van der Waals surface area contributed by atoms with E-state index in [4.69, 9.17) is 0 Å². The summed E-state index contributed by atoms with van der Waals surface area (Å²) in [6, 6.07) is 0. The maximum Gasteiger partial charge on any atom is 0.254 e. The molecular weight excluding hydrogens is 238 g/mol. The van der Waals surface area contributed by atoms with Crippen molar-refractivity contribution >= 4 is 11.6 Å². The van der Waals surface area contributed by atoms with E-state index in [1.807, 2.05) is 4.52 Å². The van der Waals surface area contributed by atoms with Crippen LogP contribution in [0.15, 0.2) is 6.33 Å². The second-order valence-corrected chi connectivity index (χ2v) is 5.88. The minimum Gasteiger partial charge on any atom is -0.356 e. The van der Waals surface area contributed by atoms with Gasteiger partial charge in [0, 0.05) is 18.7 Å². The zero-order valence-electron chi connectivity index (χ0n) is 11.3. The number of rotatable bonds is 1. The highest BCUT2D eigenvalue weighted by Crippen LogP contribution is 2.32. The van der Waals surface area contributed by atoms with E-state index in [9.17, 15) is 0 Å². The van der Waals surface area contributed by atoms with Crippen LogP contribution in [-0.4, -0.2) is 32.7 Å². The van der Waals surface area contributed by atoms with Crippen LogP contribution in [0.1, 0.15) is 37.4 Å². The lowest BCUT2D eigenvalue weighted by molar-refractivity contribution is 0.442. The summed E-state index contributed by atoms with van der Waals surface area (Å²) in [6.45, 7) is 4.60. The summed E-state index contributed by atoms with van der Waals surface area (Å²) < 4.78 is 1.95. The van der Waals surface area contributed by atoms with Crippen molar-refractivity contribution in [3.05, 3.63) is 17.6 Å². The zero-order valence-corrected chi connectivity index (χ0v) is 11.3. The lowest BCUT2D eigenvalue weighted by atomic mass is 10.00. The van der Waals surface area contributed by atoms with Crippen LogP contribution in [0.2, 0.25) is 0 Å². The Morgan fingerprint density at radius 2 is 2.21 bits per heavy atom. The van der Waals surface area contributed by atoms with Crippen LogP contribution >= 0.6 is 0 Å². The molecule has 0 bridgehead atoms. The highest BCUT2D eigenvalue weighted by molar-refractivity contribution is 5.56. The summed E-state index contributed by atoms with van der Waals surface area (Å²) >= 11 is 0. The lowest BCUT2D eigenvalue weighted by Crippen LogP contribution is -2.36. The van der Waals surface area contributed by atoms with Crippen molar-refractivity contribution < 1.29 is 0 Å². The molecule has 0 aromatic carbocycles. The Hall–Kier alpha value is -1.65. The molecule has 2 aromatic heterocycles. The first kappa shape index (κ1) is 11.2. The molecule has 2 aliphatic rings. The maximum atomic E-state index is 4.65. The molecular formula is C14H19N5. The van der Waals surface area contributed by atoms with E-state index in [1.54, 1.807) is 6.33 Å². The van der Waals surface area contributed by atoms with Crippen LogP contribution in [0, 0.1) is 5.92 Å². The summed E-state index contributed by atoms with van der Waals surface area (Å²) in [5.41, 5.74) is 2.65. The fraction of sp³-hybridized carbons (Fsp3) is 0.643. The first-order valence-electron chi connectivity index (χ1n) is 7.29. The molecule has 1 aliphatic heterocycles. The van der Waals surface area contributed by atoms with Crippen molar-refractivity contribution in [1.29, 1.82) is 0 Å². The predicted octanol–water partition coefficient (Wildman–Crippen LogP) is 1.85. The van der Waals surface area contributed by atoms with E-state index in [1.165, 1.54) is 36.3 Å². The highest BCUT2D eigenvalue weighted by Gasteiger charge is 2.27. The molecule has 3 heterocycles. The monoisotopic (exact) mass is 257 g/mol. The van der Waals surface area contributed by atoms with Crippen molar-refractivity contribution in [1.82, 2.24) is 19.6 Å². The molecule has 2 aromatic rings. The molecule has 1 saturated heterocycles. The number of nitrogens with zero attached hydrogens (tertiary/aromatic N) is 5. The van der Waals surface area contributed by atoms with Gasteiger partial charge in [-0.05, 0) is 38.0 Å². The fourth-order valence-electron chi connectivity index (χ4n) is 3.51. The number of piperidine rings is 1. The predicted molar refractivity (Wildman–Crippen MR) is 73.4 cm³/mol. The van der Waals surface area contributed by atoms with E-state index >= 15 is 0 Å². The number of hydrogen-bond donors (Lipinski definition) is 0. The SMILES string of the molecule is CC1CCCN(c2c3c(nc4ncnn24)CCC3)C1. The van der Waals surface area contributed by atoms with Crippen molar-refractivity contribution in [3.63, 3.8) is 0 Å². The Bertz CT molecular complexity index is 618. The van der Waals surface area contributed by atoms with Gasteiger partial charge < -0.3 is 4.90 Å². The molecule has 0 N–H and O–H groups in total. The van der Waals surface area contributed by atoms with Gasteiger partial charge in [-0.2, -0.15) is 14.6 Å². The summed E-state index contributed by atoms with van der Waals surface area (Å²) in [4.78, 5) is 11.4. The van der Waals surface area contributed by atoms with Crippen LogP contribution in [0.3, 0.4) is 0 Å². The molecule has 1 aliphatic carbocycles. The normalized spacial score (nSPS) is 23.0. The number of anilines is 1. The molecule has 0 amide bonds. The van der Waals surface area contributed by atoms with E-state index in [2.05, 4.69) is 26.9 Å². The quantitative estimate of drug-likeness (QED) is 0.782. The van der Waals surface area contributed by atoms with Gasteiger partial charge in [-0.25, -0.2) is 4.98 Å². The van der Waals surface area contributed by atoms with Crippen LogP contribution in [0.25, 0.3) is 5.78 Å². The third-order valence-corrected chi connectivity index (χ3v) is 4.38. The van der Waals surface area contributed by atoms with E-state index < -0.39 is 0 Å². The Morgan fingerprint density at radius 1 is 1.26 bits per heavy atom. The number of hydrogen-bond acceptors (Lipinski definition) is 4. The Labute approximate surface area is 112 Å². The lowest BCUT2D eigenvalue weighted by Gasteiger charge is -2.33. The molecule has 0 radical (unpaired) electrons. The fourth-order valence-corrected chi connectivity index (χ4v) is 3.51. The largest absolute Gasteiger partial charge is 0.356 e. The van der Waals surface area contributed by atoms with Gasteiger partial charge in [-0.3, -0.25) is 0 Å². The van der Waals surface area contributed by atoms with Gasteiger partial charge in [0.05, 0.1) is 5.69 Å². The number of aryl methyl sites for hydroxylation is 1. The van der Waals surface area contributed by atoms with Crippen molar-refractivity contribution in [2.75, 3.05) is 18.0 Å². The van der Waals surface area contributed by atoms with Gasteiger partial charge in [0.25, 0.3) is 5.78 Å². The molecule has 0 spiro atoms. The van der Waals surface area contributed by atoms with Crippen molar-refractivity contribution in [2.24, 2.45) is 5.92 Å². The standard InChI is InChI=1S/C14H19N5/c1-10-4-3-7-18(8-10)13-11-5-2-6-12(11)17-14-15-9-16-19(13)14/h9-10H,2-8H2,1H3. The Morgan fingerprint density at radius 3 is 3.11 bits per heavy atom. The van der Waals surface area contributed by atoms with Gasteiger partial charge in [-0.15, -0.1) is 0 Å². The molecule has 100 valence electrons. The van der Waals surface area contributed by atoms with E-state index in [-0.39, 0.29) is 0 Å². The molecule has 1 atom stereocenters. The topological polar surface area (TPSA) is 46.3 Å². The summed E-state index contributed by atoms with van der Waals surface area (Å²) in [6.07, 6.45) is 7.67. The maximum absolute atomic E-state index is 4.65. The van der Waals surface area contributed by atoms with Crippen LogP contribution in [-0.2, 0) is 12.8 Å². The van der Waals surface area contributed by atoms with Crippen LogP contribution < -0.4 is 4.90 Å². The van der Waals surface area contributed by atoms with Crippen LogP contribution in [0.4, 0.5) is 5.82 Å². The third-order valence-electron chi connectivity index (χ3n) is 4.38. The summed E-state index contributed by atoms with van der Waals surface area (Å²) in [5, 5.41) is 4.40. The first-order valence-corrected chi connectivity index (χ1v) is 7.29. The van der Waals surface area contributed by atoms with Crippen molar-refractivity contribution in [2.45, 2.75) is 39.0 Å². The summed E-state index contributed by atoms with van der Waals surface area (Å²) in [5.74, 6) is 2.79. The molecule has 19 heavy (non-hydrogen) atoms. The molecule has 4 rings (SSSR count). The minimum absolute atomic E-state index is 0.758. The molecule has 1 fully saturated rings. The molecule has 5 heteroatoms. The van der Waals surface area contributed by atoms with Crippen LogP contribution in [0.5, 0.6) is 0 Å². The van der Waals surface area contributed by atoms with Gasteiger partial charge >= 0.3 is 0 Å². The minimum atomic E-state index is 0.758. The van der Waals surface area contributed by atoms with Gasteiger partial charge in [0.1, 0.15) is 12.1 Å². The van der Waals surface area contributed by atoms with Gasteiger partial charge in [0.15, 0.2) is 0 Å². The Balaban J connectivity index is 1.89. The molecule has 1 unspecified atom stereocenters. The first-order chi connectivity index (χ1) is 9.33. The second kappa shape index (κ2) is 4.18. The number of fused-ring (bicyclic) bond motifs is 2. The smallest absolute Gasteiger partial charge is 0.254 e. The average molecular weight is 257 g/mol. The van der Waals surface area contributed by atoms with Gasteiger partial charge in [-0.1, -0.05) is 6.92 Å². The second-order valence-electron chi connectivity index (χ2n) is 5.88. The highest BCUT2D eigenvalue weighted by atomic mass is 15.4. The van der Waals surface area contributed by atoms with Gasteiger partial charge in [0.2, 0.25) is 0 Å².